The number of hydrogen-bond acceptors (Lipinski definition) is 7. The first-order chi connectivity index (χ1) is 14.3. The van der Waals surface area contributed by atoms with Crippen LogP contribution in [-0.4, -0.2) is 27.4 Å². The summed E-state index contributed by atoms with van der Waals surface area (Å²) in [4.78, 5) is 43.4. The maximum absolute atomic E-state index is 13.1. The summed E-state index contributed by atoms with van der Waals surface area (Å²) in [6.45, 7) is 5.28. The van der Waals surface area contributed by atoms with Crippen LogP contribution in [-0.2, 0) is 4.74 Å². The molecule has 3 heterocycles. The molecule has 0 aliphatic heterocycles. The van der Waals surface area contributed by atoms with Crippen LogP contribution in [0, 0.1) is 6.92 Å². The zero-order valence-electron chi connectivity index (χ0n) is 16.5. The third-order valence-electron chi connectivity index (χ3n) is 4.31. The molecule has 152 valence electrons. The lowest BCUT2D eigenvalue weighted by Gasteiger charge is -2.09. The molecule has 0 aliphatic carbocycles. The van der Waals surface area contributed by atoms with Crippen LogP contribution < -0.4 is 10.3 Å². The number of esters is 2. The fraction of sp³-hybridized carbons (Fsp3) is 0.182. The highest BCUT2D eigenvalue weighted by atomic mass is 32.1. The van der Waals surface area contributed by atoms with Gasteiger partial charge in [-0.3, -0.25) is 9.20 Å². The molecule has 0 saturated heterocycles. The number of rotatable bonds is 4. The summed E-state index contributed by atoms with van der Waals surface area (Å²) in [5.41, 5.74) is 1.19. The molecule has 0 aliphatic rings. The molecule has 0 atom stereocenters. The second kappa shape index (κ2) is 7.72. The fourth-order valence-corrected chi connectivity index (χ4v) is 4.00. The van der Waals surface area contributed by atoms with E-state index >= 15 is 0 Å². The van der Waals surface area contributed by atoms with Crippen molar-refractivity contribution < 1.29 is 19.1 Å². The van der Waals surface area contributed by atoms with Gasteiger partial charge in [0.2, 0.25) is 0 Å². The van der Waals surface area contributed by atoms with Gasteiger partial charge in [-0.25, -0.2) is 14.6 Å². The van der Waals surface area contributed by atoms with Crippen molar-refractivity contribution in [3.8, 4) is 5.75 Å². The van der Waals surface area contributed by atoms with Gasteiger partial charge in [0.25, 0.3) is 5.56 Å². The van der Waals surface area contributed by atoms with Gasteiger partial charge in [0.15, 0.2) is 10.6 Å². The summed E-state index contributed by atoms with van der Waals surface area (Å²) in [6, 6.07) is 12.0. The number of carbonyl (C=O) groups excluding carboxylic acids is 2. The number of aryl methyl sites for hydroxylation is 1. The number of ether oxygens (including phenoxy) is 2. The number of benzene rings is 1. The molecule has 4 rings (SSSR count). The maximum Gasteiger partial charge on any atom is 0.352 e. The Morgan fingerprint density at radius 3 is 2.63 bits per heavy atom. The third kappa shape index (κ3) is 3.57. The Bertz CT molecular complexity index is 1350. The molecule has 0 radical (unpaired) electrons. The van der Waals surface area contributed by atoms with Gasteiger partial charge in [0.05, 0.1) is 11.7 Å². The molecule has 0 unspecified atom stereocenters. The molecule has 0 saturated carbocycles. The lowest BCUT2D eigenvalue weighted by molar-refractivity contribution is 0.0380. The quantitative estimate of drug-likeness (QED) is 0.462. The average molecular weight is 422 g/mol. The second-order valence-corrected chi connectivity index (χ2v) is 8.00. The Hall–Kier alpha value is -3.52. The van der Waals surface area contributed by atoms with E-state index in [0.29, 0.717) is 16.0 Å². The lowest BCUT2D eigenvalue weighted by Crippen LogP contribution is -2.17. The summed E-state index contributed by atoms with van der Waals surface area (Å²) < 4.78 is 12.2. The van der Waals surface area contributed by atoms with Gasteiger partial charge >= 0.3 is 11.9 Å². The van der Waals surface area contributed by atoms with Crippen LogP contribution in [0.2, 0.25) is 0 Å². The van der Waals surface area contributed by atoms with E-state index in [-0.39, 0.29) is 22.1 Å². The minimum Gasteiger partial charge on any atom is -0.459 e. The number of nitrogens with zero attached hydrogens (tertiary/aromatic N) is 2. The Kier molecular flexibility index (Phi) is 5.09. The van der Waals surface area contributed by atoms with Crippen molar-refractivity contribution in [2.24, 2.45) is 0 Å². The average Bonchev–Trinajstić information content (AvgIpc) is 3.06. The third-order valence-corrected chi connectivity index (χ3v) is 5.35. The van der Waals surface area contributed by atoms with Crippen molar-refractivity contribution in [3.05, 3.63) is 75.0 Å². The van der Waals surface area contributed by atoms with Crippen molar-refractivity contribution in [2.45, 2.75) is 26.9 Å². The molecule has 1 aromatic carbocycles. The molecule has 7 nitrogen and oxygen atoms in total. The summed E-state index contributed by atoms with van der Waals surface area (Å²) in [5, 5.41) is 0.0698. The van der Waals surface area contributed by atoms with E-state index in [0.717, 1.165) is 16.9 Å². The minimum absolute atomic E-state index is 0.0280. The summed E-state index contributed by atoms with van der Waals surface area (Å²) in [5.74, 6) is -1.47. The SMILES string of the molecule is Cc1cccc(C(=O)Oc2c(C(=O)OC(C)C)sc3nc4ccccn4c(=O)c23)c1. The number of aromatic nitrogens is 2. The lowest BCUT2D eigenvalue weighted by atomic mass is 10.1. The van der Waals surface area contributed by atoms with E-state index in [1.807, 2.05) is 13.0 Å². The predicted molar refractivity (Wildman–Crippen MR) is 114 cm³/mol. The van der Waals surface area contributed by atoms with Crippen molar-refractivity contribution in [1.82, 2.24) is 9.38 Å². The zero-order chi connectivity index (χ0) is 21.4. The molecule has 0 spiro atoms. The summed E-state index contributed by atoms with van der Waals surface area (Å²) >= 11 is 0.967. The highest BCUT2D eigenvalue weighted by molar-refractivity contribution is 7.20. The van der Waals surface area contributed by atoms with Crippen LogP contribution in [0.15, 0.2) is 53.5 Å². The number of carbonyl (C=O) groups is 2. The van der Waals surface area contributed by atoms with E-state index < -0.39 is 17.5 Å². The van der Waals surface area contributed by atoms with Gasteiger partial charge in [-0.2, -0.15) is 0 Å². The fourth-order valence-electron chi connectivity index (χ4n) is 3.02. The van der Waals surface area contributed by atoms with Crippen LogP contribution in [0.4, 0.5) is 0 Å². The Labute approximate surface area is 175 Å². The maximum atomic E-state index is 13.1. The molecule has 4 aromatic rings. The van der Waals surface area contributed by atoms with Crippen LogP contribution in [0.1, 0.15) is 39.4 Å². The van der Waals surface area contributed by atoms with Crippen molar-refractivity contribution >= 4 is 39.1 Å². The van der Waals surface area contributed by atoms with Gasteiger partial charge in [-0.1, -0.05) is 23.8 Å². The van der Waals surface area contributed by atoms with E-state index in [1.54, 1.807) is 56.4 Å². The Morgan fingerprint density at radius 2 is 1.90 bits per heavy atom. The standard InChI is InChI=1S/C22H18N2O5S/c1-12(2)28-22(27)18-17(29-21(26)14-8-6-7-13(3)11-14)16-19(30-18)23-15-9-4-5-10-24(15)20(16)25/h4-12H,1-3H3. The predicted octanol–water partition coefficient (Wildman–Crippen LogP) is 4.00. The number of pyridine rings is 1. The molecule has 0 fully saturated rings. The molecule has 0 bridgehead atoms. The first kappa shape index (κ1) is 19.8. The topological polar surface area (TPSA) is 87.0 Å². The monoisotopic (exact) mass is 422 g/mol. The minimum atomic E-state index is -0.673. The normalized spacial score (nSPS) is 11.2. The first-order valence-electron chi connectivity index (χ1n) is 9.29. The molecule has 3 aromatic heterocycles. The Balaban J connectivity index is 1.92. The van der Waals surface area contributed by atoms with Gasteiger partial charge < -0.3 is 9.47 Å². The zero-order valence-corrected chi connectivity index (χ0v) is 17.4. The summed E-state index contributed by atoms with van der Waals surface area (Å²) in [6.07, 6.45) is 1.19. The van der Waals surface area contributed by atoms with Crippen molar-refractivity contribution in [3.63, 3.8) is 0 Å². The largest absolute Gasteiger partial charge is 0.459 e. The number of hydrogen-bond donors (Lipinski definition) is 0. The first-order valence-corrected chi connectivity index (χ1v) is 10.1. The van der Waals surface area contributed by atoms with Crippen molar-refractivity contribution in [1.29, 1.82) is 0 Å². The second-order valence-electron chi connectivity index (χ2n) is 7.00. The smallest absolute Gasteiger partial charge is 0.352 e. The van der Waals surface area contributed by atoms with Crippen molar-refractivity contribution in [2.75, 3.05) is 0 Å². The van der Waals surface area contributed by atoms with E-state index in [2.05, 4.69) is 4.98 Å². The van der Waals surface area contributed by atoms with Crippen LogP contribution >= 0.6 is 11.3 Å². The molecule has 30 heavy (non-hydrogen) atoms. The van der Waals surface area contributed by atoms with Crippen LogP contribution in [0.25, 0.3) is 15.9 Å². The van der Waals surface area contributed by atoms with E-state index in [1.165, 1.54) is 4.40 Å². The molecular formula is C22H18N2O5S. The van der Waals surface area contributed by atoms with Gasteiger partial charge in [0.1, 0.15) is 15.9 Å². The highest BCUT2D eigenvalue weighted by Gasteiger charge is 2.28. The van der Waals surface area contributed by atoms with E-state index in [9.17, 15) is 14.4 Å². The van der Waals surface area contributed by atoms with Gasteiger partial charge in [0, 0.05) is 6.20 Å². The van der Waals surface area contributed by atoms with Crippen LogP contribution in [0.3, 0.4) is 0 Å². The Morgan fingerprint density at radius 1 is 1.10 bits per heavy atom. The molecule has 0 N–H and O–H groups in total. The van der Waals surface area contributed by atoms with Gasteiger partial charge in [-0.05, 0) is 45.0 Å². The number of thiophene rings is 1. The molecule has 0 amide bonds. The van der Waals surface area contributed by atoms with Gasteiger partial charge in [-0.15, -0.1) is 11.3 Å². The molecular weight excluding hydrogens is 404 g/mol. The summed E-state index contributed by atoms with van der Waals surface area (Å²) in [7, 11) is 0. The highest BCUT2D eigenvalue weighted by Crippen LogP contribution is 2.36. The molecule has 8 heteroatoms. The number of fused-ring (bicyclic) bond motifs is 2. The van der Waals surface area contributed by atoms with E-state index in [4.69, 9.17) is 9.47 Å². The van der Waals surface area contributed by atoms with Crippen LogP contribution in [0.5, 0.6) is 5.75 Å².